The van der Waals surface area contributed by atoms with Gasteiger partial charge in [-0.3, -0.25) is 9.78 Å². The number of carbonyl (C=O) groups excluding carboxylic acids is 1. The zero-order valence-corrected chi connectivity index (χ0v) is 13.1. The Morgan fingerprint density at radius 2 is 1.96 bits per heavy atom. The van der Waals surface area contributed by atoms with Crippen LogP contribution >= 0.6 is 0 Å². The molecule has 23 heavy (non-hydrogen) atoms. The second kappa shape index (κ2) is 5.99. The molecule has 2 aromatic rings. The zero-order valence-electron chi connectivity index (χ0n) is 13.1. The fraction of sp³-hybridized carbons (Fsp3) is 0.389. The molecular formula is C18H20N4O. The van der Waals surface area contributed by atoms with Gasteiger partial charge in [-0.1, -0.05) is 12.1 Å². The number of rotatable bonds is 3. The molecule has 0 bridgehead atoms. The van der Waals surface area contributed by atoms with Gasteiger partial charge in [-0.2, -0.15) is 0 Å². The second-order valence-electron chi connectivity index (χ2n) is 6.32. The number of amides is 1. The Morgan fingerprint density at radius 3 is 2.74 bits per heavy atom. The van der Waals surface area contributed by atoms with Crippen LogP contribution in [0.4, 0.5) is 5.82 Å². The van der Waals surface area contributed by atoms with E-state index in [2.05, 4.69) is 20.9 Å². The molecule has 0 spiro atoms. The highest BCUT2D eigenvalue weighted by atomic mass is 16.2. The van der Waals surface area contributed by atoms with E-state index in [4.69, 9.17) is 0 Å². The molecule has 1 saturated carbocycles. The first-order chi connectivity index (χ1) is 11.3. The summed E-state index contributed by atoms with van der Waals surface area (Å²) >= 11 is 0. The smallest absolute Gasteiger partial charge is 0.272 e. The summed E-state index contributed by atoms with van der Waals surface area (Å²) in [6.45, 7) is 3.19. The van der Waals surface area contributed by atoms with Crippen LogP contribution in [0.5, 0.6) is 0 Å². The maximum absolute atomic E-state index is 12.7. The number of pyridine rings is 2. The van der Waals surface area contributed by atoms with Crippen LogP contribution < -0.4 is 4.90 Å². The Kier molecular flexibility index (Phi) is 3.69. The second-order valence-corrected chi connectivity index (χ2v) is 6.32. The average Bonchev–Trinajstić information content (AvgIpc) is 3.43. The first kappa shape index (κ1) is 14.2. The van der Waals surface area contributed by atoms with Crippen molar-refractivity contribution in [3.8, 4) is 0 Å². The van der Waals surface area contributed by atoms with E-state index in [9.17, 15) is 4.79 Å². The molecule has 5 heteroatoms. The maximum atomic E-state index is 12.7. The van der Waals surface area contributed by atoms with Crippen LogP contribution in [0.25, 0.3) is 0 Å². The van der Waals surface area contributed by atoms with E-state index in [1.54, 1.807) is 12.3 Å². The van der Waals surface area contributed by atoms with Gasteiger partial charge >= 0.3 is 0 Å². The summed E-state index contributed by atoms with van der Waals surface area (Å²) in [6, 6.07) is 9.48. The number of carbonyl (C=O) groups is 1. The molecule has 0 N–H and O–H groups in total. The first-order valence-corrected chi connectivity index (χ1v) is 8.20. The lowest BCUT2D eigenvalue weighted by Crippen LogP contribution is -2.36. The number of hydrogen-bond acceptors (Lipinski definition) is 4. The Bertz CT molecular complexity index is 699. The highest BCUT2D eigenvalue weighted by molar-refractivity contribution is 5.92. The molecule has 0 atom stereocenters. The third kappa shape index (κ3) is 3.04. The minimum Gasteiger partial charge on any atom is -0.354 e. The van der Waals surface area contributed by atoms with Crippen molar-refractivity contribution in [2.45, 2.75) is 19.4 Å². The van der Waals surface area contributed by atoms with Gasteiger partial charge in [-0.05, 0) is 37.0 Å². The Morgan fingerprint density at radius 1 is 1.09 bits per heavy atom. The van der Waals surface area contributed by atoms with Crippen molar-refractivity contribution in [1.82, 2.24) is 14.9 Å². The summed E-state index contributed by atoms with van der Waals surface area (Å²) < 4.78 is 0. The molecule has 1 aliphatic heterocycles. The van der Waals surface area contributed by atoms with Gasteiger partial charge in [0, 0.05) is 44.1 Å². The summed E-state index contributed by atoms with van der Waals surface area (Å²) in [5, 5.41) is 0. The summed E-state index contributed by atoms with van der Waals surface area (Å²) in [4.78, 5) is 25.7. The summed E-state index contributed by atoms with van der Waals surface area (Å²) in [5.74, 6) is 1.83. The predicted molar refractivity (Wildman–Crippen MR) is 88.2 cm³/mol. The number of nitrogens with zero attached hydrogens (tertiary/aromatic N) is 4. The van der Waals surface area contributed by atoms with Crippen molar-refractivity contribution in [2.24, 2.45) is 5.92 Å². The Labute approximate surface area is 136 Å². The van der Waals surface area contributed by atoms with Crippen LogP contribution in [-0.4, -0.2) is 40.4 Å². The van der Waals surface area contributed by atoms with Crippen LogP contribution in [0.15, 0.2) is 42.7 Å². The molecule has 0 aromatic carbocycles. The van der Waals surface area contributed by atoms with Gasteiger partial charge in [-0.15, -0.1) is 0 Å². The molecule has 4 rings (SSSR count). The maximum Gasteiger partial charge on any atom is 0.272 e. The van der Waals surface area contributed by atoms with Crippen molar-refractivity contribution >= 4 is 11.7 Å². The van der Waals surface area contributed by atoms with Crippen LogP contribution in [0.2, 0.25) is 0 Å². The molecule has 2 aliphatic rings. The highest BCUT2D eigenvalue weighted by Gasteiger charge is 2.29. The molecule has 0 radical (unpaired) electrons. The molecule has 2 aromatic heterocycles. The topological polar surface area (TPSA) is 49.3 Å². The third-order valence-corrected chi connectivity index (χ3v) is 4.51. The summed E-state index contributed by atoms with van der Waals surface area (Å²) in [7, 11) is 0. The molecule has 3 heterocycles. The molecule has 5 nitrogen and oxygen atoms in total. The lowest BCUT2D eigenvalue weighted by molar-refractivity contribution is 0.0745. The highest BCUT2D eigenvalue weighted by Crippen LogP contribution is 2.32. The van der Waals surface area contributed by atoms with E-state index in [0.717, 1.165) is 30.4 Å². The zero-order chi connectivity index (χ0) is 15.6. The fourth-order valence-corrected chi connectivity index (χ4v) is 3.08. The van der Waals surface area contributed by atoms with E-state index in [1.165, 1.54) is 12.8 Å². The number of aromatic nitrogens is 2. The Balaban J connectivity index is 1.59. The monoisotopic (exact) mass is 308 g/mol. The van der Waals surface area contributed by atoms with Gasteiger partial charge in [0.05, 0.1) is 0 Å². The lowest BCUT2D eigenvalue weighted by Gasteiger charge is -2.23. The molecule has 0 unspecified atom stereocenters. The SMILES string of the molecule is O=C(c1ccccn1)N1CCN(CC2CC2)c2ncccc2C1. The van der Waals surface area contributed by atoms with Crippen molar-refractivity contribution in [1.29, 1.82) is 0 Å². The van der Waals surface area contributed by atoms with E-state index in [0.29, 0.717) is 18.8 Å². The molecule has 1 aliphatic carbocycles. The van der Waals surface area contributed by atoms with Crippen LogP contribution in [0, 0.1) is 5.92 Å². The molecule has 0 saturated heterocycles. The van der Waals surface area contributed by atoms with Crippen LogP contribution in [0.3, 0.4) is 0 Å². The first-order valence-electron chi connectivity index (χ1n) is 8.20. The minimum atomic E-state index is -0.00586. The van der Waals surface area contributed by atoms with Crippen LogP contribution in [-0.2, 0) is 6.54 Å². The molecular weight excluding hydrogens is 288 g/mol. The van der Waals surface area contributed by atoms with Gasteiger partial charge in [0.25, 0.3) is 5.91 Å². The van der Waals surface area contributed by atoms with Gasteiger partial charge in [0.15, 0.2) is 0 Å². The lowest BCUT2D eigenvalue weighted by atomic mass is 10.2. The van der Waals surface area contributed by atoms with Crippen molar-refractivity contribution in [2.75, 3.05) is 24.5 Å². The number of hydrogen-bond donors (Lipinski definition) is 0. The summed E-state index contributed by atoms with van der Waals surface area (Å²) in [5.41, 5.74) is 1.63. The van der Waals surface area contributed by atoms with Gasteiger partial charge in [0.1, 0.15) is 11.5 Å². The molecule has 118 valence electrons. The average molecular weight is 308 g/mol. The quantitative estimate of drug-likeness (QED) is 0.873. The van der Waals surface area contributed by atoms with E-state index < -0.39 is 0 Å². The van der Waals surface area contributed by atoms with Crippen LogP contribution in [0.1, 0.15) is 28.9 Å². The fourth-order valence-electron chi connectivity index (χ4n) is 3.08. The standard InChI is InChI=1S/C18H20N4O/c23-18(16-5-1-2-8-19-16)22-11-10-21(12-14-6-7-14)17-15(13-22)4-3-9-20-17/h1-5,8-9,14H,6-7,10-13H2. The minimum absolute atomic E-state index is 0.00586. The van der Waals surface area contributed by atoms with E-state index >= 15 is 0 Å². The summed E-state index contributed by atoms with van der Waals surface area (Å²) in [6.07, 6.45) is 6.14. The number of fused-ring (bicyclic) bond motifs is 1. The van der Waals surface area contributed by atoms with E-state index in [-0.39, 0.29) is 5.91 Å². The Hall–Kier alpha value is -2.43. The predicted octanol–water partition coefficient (Wildman–Crippen LogP) is 2.35. The van der Waals surface area contributed by atoms with Crippen molar-refractivity contribution in [3.05, 3.63) is 54.0 Å². The van der Waals surface area contributed by atoms with Crippen molar-refractivity contribution < 1.29 is 4.79 Å². The van der Waals surface area contributed by atoms with Crippen molar-refractivity contribution in [3.63, 3.8) is 0 Å². The molecule has 1 fully saturated rings. The number of anilines is 1. The van der Waals surface area contributed by atoms with E-state index in [1.807, 2.05) is 29.3 Å². The van der Waals surface area contributed by atoms with Gasteiger partial charge in [0.2, 0.25) is 0 Å². The van der Waals surface area contributed by atoms with Gasteiger partial charge < -0.3 is 9.80 Å². The third-order valence-electron chi connectivity index (χ3n) is 4.51. The largest absolute Gasteiger partial charge is 0.354 e. The van der Waals surface area contributed by atoms with Gasteiger partial charge in [-0.25, -0.2) is 4.98 Å². The molecule has 1 amide bonds. The normalized spacial score (nSPS) is 17.6.